The van der Waals surface area contributed by atoms with Crippen LogP contribution in [0.3, 0.4) is 0 Å². The molecule has 0 aliphatic carbocycles. The highest BCUT2D eigenvalue weighted by molar-refractivity contribution is 5.98. The van der Waals surface area contributed by atoms with E-state index >= 15 is 0 Å². The van der Waals surface area contributed by atoms with Gasteiger partial charge in [-0.15, -0.1) is 0 Å². The molecule has 0 N–H and O–H groups in total. The standard InChI is InChI=1S/C26H22F3NO3/c1-2-33-25(32)21-7-4-6-19(15-21)20-10-9-18-11-12-30(23(18)16-20)24(31)14-17-5-3-8-22(13-17)26(27,28)29/h3-10,13,15-16H,2,11-12,14H2,1H3. The maximum absolute atomic E-state index is 13.0. The van der Waals surface area contributed by atoms with Gasteiger partial charge in [-0.1, -0.05) is 42.5 Å². The summed E-state index contributed by atoms with van der Waals surface area (Å²) in [7, 11) is 0. The second-order valence-corrected chi connectivity index (χ2v) is 7.82. The fraction of sp³-hybridized carbons (Fsp3) is 0.231. The Morgan fingerprint density at radius 3 is 2.48 bits per heavy atom. The van der Waals surface area contributed by atoms with Crippen LogP contribution >= 0.6 is 0 Å². The Hall–Kier alpha value is -3.61. The van der Waals surface area contributed by atoms with Crippen LogP contribution in [0.25, 0.3) is 11.1 Å². The van der Waals surface area contributed by atoms with Gasteiger partial charge in [0, 0.05) is 12.2 Å². The first-order valence-electron chi connectivity index (χ1n) is 10.6. The first-order valence-corrected chi connectivity index (χ1v) is 10.6. The first-order chi connectivity index (χ1) is 15.8. The van der Waals surface area contributed by atoms with Crippen LogP contribution in [0.1, 0.15) is 34.0 Å². The molecule has 3 aromatic carbocycles. The van der Waals surface area contributed by atoms with Crippen LogP contribution in [0, 0.1) is 0 Å². The fourth-order valence-corrected chi connectivity index (χ4v) is 3.99. The predicted octanol–water partition coefficient (Wildman–Crippen LogP) is 5.68. The Bertz CT molecular complexity index is 1200. The lowest BCUT2D eigenvalue weighted by Gasteiger charge is -2.19. The molecule has 0 saturated heterocycles. The molecule has 3 aromatic rings. The van der Waals surface area contributed by atoms with Crippen molar-refractivity contribution in [3.8, 4) is 11.1 Å². The predicted molar refractivity (Wildman–Crippen MR) is 119 cm³/mol. The van der Waals surface area contributed by atoms with Crippen LogP contribution in [0.15, 0.2) is 66.7 Å². The quantitative estimate of drug-likeness (QED) is 0.467. The van der Waals surface area contributed by atoms with Gasteiger partial charge in [-0.3, -0.25) is 4.79 Å². The average molecular weight is 453 g/mol. The van der Waals surface area contributed by atoms with Gasteiger partial charge in [-0.2, -0.15) is 13.2 Å². The van der Waals surface area contributed by atoms with E-state index in [1.165, 1.54) is 12.1 Å². The number of nitrogens with zero attached hydrogens (tertiary/aromatic N) is 1. The van der Waals surface area contributed by atoms with Crippen molar-refractivity contribution in [2.45, 2.75) is 25.9 Å². The van der Waals surface area contributed by atoms with Gasteiger partial charge in [-0.25, -0.2) is 4.79 Å². The van der Waals surface area contributed by atoms with Gasteiger partial charge < -0.3 is 9.64 Å². The number of esters is 1. The molecule has 0 atom stereocenters. The third kappa shape index (κ3) is 4.92. The summed E-state index contributed by atoms with van der Waals surface area (Å²) in [6.07, 6.45) is -3.90. The molecule has 0 aromatic heterocycles. The van der Waals surface area contributed by atoms with E-state index in [-0.39, 0.29) is 18.9 Å². The van der Waals surface area contributed by atoms with Crippen LogP contribution in [-0.4, -0.2) is 25.0 Å². The minimum atomic E-state index is -4.45. The van der Waals surface area contributed by atoms with Gasteiger partial charge in [0.25, 0.3) is 0 Å². The lowest BCUT2D eigenvalue weighted by atomic mass is 10.0. The monoisotopic (exact) mass is 453 g/mol. The highest BCUT2D eigenvalue weighted by Crippen LogP contribution is 2.34. The molecule has 4 nitrogen and oxygen atoms in total. The molecule has 0 bridgehead atoms. The number of carbonyl (C=O) groups excluding carboxylic acids is 2. The van der Waals surface area contributed by atoms with Gasteiger partial charge in [0.1, 0.15) is 0 Å². The van der Waals surface area contributed by atoms with E-state index < -0.39 is 17.7 Å². The number of ether oxygens (including phenoxy) is 1. The molecule has 0 fully saturated rings. The van der Waals surface area contributed by atoms with Crippen molar-refractivity contribution >= 4 is 17.6 Å². The number of carbonyl (C=O) groups is 2. The number of halogens is 3. The molecule has 1 aliphatic heterocycles. The number of fused-ring (bicyclic) bond motifs is 1. The smallest absolute Gasteiger partial charge is 0.416 e. The Morgan fingerprint density at radius 1 is 0.970 bits per heavy atom. The number of alkyl halides is 3. The summed E-state index contributed by atoms with van der Waals surface area (Å²) in [6, 6.07) is 17.7. The van der Waals surface area contributed by atoms with E-state index in [9.17, 15) is 22.8 Å². The normalized spacial score (nSPS) is 13.0. The van der Waals surface area contributed by atoms with E-state index in [1.807, 2.05) is 24.3 Å². The number of hydrogen-bond donors (Lipinski definition) is 0. The van der Waals surface area contributed by atoms with Crippen molar-refractivity contribution in [2.24, 2.45) is 0 Å². The SMILES string of the molecule is CCOC(=O)c1cccc(-c2ccc3c(c2)N(C(=O)Cc2cccc(C(F)(F)F)c2)CC3)c1. The average Bonchev–Trinajstić information content (AvgIpc) is 3.22. The summed E-state index contributed by atoms with van der Waals surface area (Å²) in [6.45, 7) is 2.50. The fourth-order valence-electron chi connectivity index (χ4n) is 3.99. The van der Waals surface area contributed by atoms with Gasteiger partial charge in [-0.05, 0) is 59.9 Å². The van der Waals surface area contributed by atoms with E-state index in [1.54, 1.807) is 30.0 Å². The Kier molecular flexibility index (Phi) is 6.22. The van der Waals surface area contributed by atoms with Crippen LogP contribution in [0.4, 0.5) is 18.9 Å². The lowest BCUT2D eigenvalue weighted by Crippen LogP contribution is -2.30. The molecular weight excluding hydrogens is 431 g/mol. The Balaban J connectivity index is 1.58. The molecular formula is C26H22F3NO3. The summed E-state index contributed by atoms with van der Waals surface area (Å²) in [5.74, 6) is -0.663. The first kappa shape index (κ1) is 22.6. The third-order valence-corrected chi connectivity index (χ3v) is 5.60. The van der Waals surface area contributed by atoms with Crippen LogP contribution in [0.2, 0.25) is 0 Å². The largest absolute Gasteiger partial charge is 0.462 e. The maximum Gasteiger partial charge on any atom is 0.416 e. The number of hydrogen-bond acceptors (Lipinski definition) is 3. The van der Waals surface area contributed by atoms with Crippen molar-refractivity contribution < 1.29 is 27.5 Å². The summed E-state index contributed by atoms with van der Waals surface area (Å²) in [4.78, 5) is 26.7. The van der Waals surface area contributed by atoms with Crippen LogP contribution in [0.5, 0.6) is 0 Å². The summed E-state index contributed by atoms with van der Waals surface area (Å²) >= 11 is 0. The van der Waals surface area contributed by atoms with Crippen LogP contribution in [-0.2, 0) is 28.5 Å². The van der Waals surface area contributed by atoms with Gasteiger partial charge >= 0.3 is 12.1 Å². The Morgan fingerprint density at radius 2 is 1.73 bits per heavy atom. The van der Waals surface area contributed by atoms with Crippen molar-refractivity contribution in [2.75, 3.05) is 18.1 Å². The van der Waals surface area contributed by atoms with E-state index in [0.29, 0.717) is 24.1 Å². The molecule has 1 amide bonds. The van der Waals surface area contributed by atoms with Crippen molar-refractivity contribution in [3.05, 3.63) is 89.0 Å². The maximum atomic E-state index is 13.0. The topological polar surface area (TPSA) is 46.6 Å². The van der Waals surface area contributed by atoms with Crippen molar-refractivity contribution in [1.82, 2.24) is 0 Å². The highest BCUT2D eigenvalue weighted by atomic mass is 19.4. The second-order valence-electron chi connectivity index (χ2n) is 7.82. The van der Waals surface area contributed by atoms with E-state index in [2.05, 4.69) is 0 Å². The molecule has 4 rings (SSSR count). The summed E-state index contributed by atoms with van der Waals surface area (Å²) < 4.78 is 44.1. The van der Waals surface area contributed by atoms with Gasteiger partial charge in [0.05, 0.1) is 24.2 Å². The van der Waals surface area contributed by atoms with Crippen LogP contribution < -0.4 is 4.90 Å². The number of benzene rings is 3. The zero-order valence-electron chi connectivity index (χ0n) is 18.0. The minimum absolute atomic E-state index is 0.119. The lowest BCUT2D eigenvalue weighted by molar-refractivity contribution is -0.137. The molecule has 33 heavy (non-hydrogen) atoms. The zero-order valence-corrected chi connectivity index (χ0v) is 18.0. The highest BCUT2D eigenvalue weighted by Gasteiger charge is 2.31. The zero-order chi connectivity index (χ0) is 23.6. The van der Waals surface area contributed by atoms with E-state index in [0.717, 1.165) is 34.5 Å². The molecule has 0 saturated carbocycles. The summed E-state index contributed by atoms with van der Waals surface area (Å²) in [5.41, 5.74) is 3.37. The second kappa shape index (κ2) is 9.10. The molecule has 0 spiro atoms. The van der Waals surface area contributed by atoms with Crippen molar-refractivity contribution in [1.29, 1.82) is 0 Å². The molecule has 7 heteroatoms. The van der Waals surface area contributed by atoms with Crippen molar-refractivity contribution in [3.63, 3.8) is 0 Å². The summed E-state index contributed by atoms with van der Waals surface area (Å²) in [5, 5.41) is 0. The number of amides is 1. The minimum Gasteiger partial charge on any atom is -0.462 e. The molecule has 1 aliphatic rings. The van der Waals surface area contributed by atoms with Gasteiger partial charge in [0.2, 0.25) is 5.91 Å². The Labute approximate surface area is 189 Å². The molecule has 0 unspecified atom stereocenters. The molecule has 0 radical (unpaired) electrons. The molecule has 170 valence electrons. The van der Waals surface area contributed by atoms with Gasteiger partial charge in [0.15, 0.2) is 0 Å². The number of rotatable bonds is 5. The number of anilines is 1. The molecule has 1 heterocycles. The third-order valence-electron chi connectivity index (χ3n) is 5.60. The van der Waals surface area contributed by atoms with E-state index in [4.69, 9.17) is 4.74 Å².